The molecule has 0 aliphatic heterocycles. The summed E-state index contributed by atoms with van der Waals surface area (Å²) in [6, 6.07) is 32.5. The number of benzene rings is 3. The molecule has 0 aliphatic carbocycles. The van der Waals surface area contributed by atoms with Crippen molar-refractivity contribution >= 4 is 26.8 Å². The van der Waals surface area contributed by atoms with Gasteiger partial charge in [-0.05, 0) is 42.2 Å². The third-order valence-electron chi connectivity index (χ3n) is 5.60. The van der Waals surface area contributed by atoms with Crippen molar-refractivity contribution in [2.45, 2.75) is 44.7 Å². The van der Waals surface area contributed by atoms with Crippen molar-refractivity contribution in [1.29, 1.82) is 0 Å². The van der Waals surface area contributed by atoms with Crippen molar-refractivity contribution in [1.82, 2.24) is 0 Å². The Labute approximate surface area is 172 Å². The highest BCUT2D eigenvalue weighted by Crippen LogP contribution is 2.53. The van der Waals surface area contributed by atoms with Crippen LogP contribution >= 0.6 is 7.92 Å². The third kappa shape index (κ3) is 4.81. The molecule has 3 rings (SSSR count). The quantitative estimate of drug-likeness (QED) is 0.322. The predicted octanol–water partition coefficient (Wildman–Crippen LogP) is 6.84. The molecule has 0 heterocycles. The molecule has 28 heavy (non-hydrogen) atoms. The molecule has 0 spiro atoms. The van der Waals surface area contributed by atoms with E-state index >= 15 is 0 Å². The molecule has 1 nitrogen and oxygen atoms in total. The number of hydrogen-bond acceptors (Lipinski definition) is 1. The fourth-order valence-corrected chi connectivity index (χ4v) is 7.50. The maximum Gasteiger partial charge on any atom is 0.193 e. The molecule has 0 bridgehead atoms. The highest BCUT2D eigenvalue weighted by molar-refractivity contribution is 7.73. The molecule has 0 aromatic heterocycles. The van der Waals surface area contributed by atoms with E-state index in [9.17, 15) is 0 Å². The Hall–Kier alpha value is -1.73. The fourth-order valence-electron chi connectivity index (χ4n) is 2.94. The van der Waals surface area contributed by atoms with E-state index < -0.39 is 16.2 Å². The van der Waals surface area contributed by atoms with E-state index in [0.29, 0.717) is 0 Å². The Bertz CT molecular complexity index is 818. The van der Waals surface area contributed by atoms with E-state index in [1.54, 1.807) is 0 Å². The minimum Gasteiger partial charge on any atom is -0.406 e. The lowest BCUT2D eigenvalue weighted by Gasteiger charge is -2.42. The molecule has 1 unspecified atom stereocenters. The van der Waals surface area contributed by atoms with Gasteiger partial charge in [-0.2, -0.15) is 0 Å². The smallest absolute Gasteiger partial charge is 0.193 e. The van der Waals surface area contributed by atoms with Gasteiger partial charge in [0.05, 0.1) is 5.85 Å². The lowest BCUT2D eigenvalue weighted by molar-refractivity contribution is 0.262. The standard InChI is InChI=1S/C25H31OPSi/c1-25(2,3)28(4,5)26-24(21-15-9-6-10-16-21)27(22-17-11-7-12-18-22)23-19-13-8-14-20-23/h6-20,24H,1-5H3. The summed E-state index contributed by atoms with van der Waals surface area (Å²) in [6.07, 6.45) is 0. The van der Waals surface area contributed by atoms with Gasteiger partial charge >= 0.3 is 0 Å². The van der Waals surface area contributed by atoms with Crippen LogP contribution < -0.4 is 10.6 Å². The van der Waals surface area contributed by atoms with Crippen LogP contribution in [0.25, 0.3) is 0 Å². The lowest BCUT2D eigenvalue weighted by Crippen LogP contribution is -2.42. The zero-order valence-electron chi connectivity index (χ0n) is 17.6. The SMILES string of the molecule is CC(C)(C)[Si](C)(C)OC(c1ccccc1)P(c1ccccc1)c1ccccc1. The topological polar surface area (TPSA) is 9.23 Å². The summed E-state index contributed by atoms with van der Waals surface area (Å²) in [5.74, 6) is 0.0434. The second-order valence-electron chi connectivity index (χ2n) is 8.68. The van der Waals surface area contributed by atoms with Crippen LogP contribution in [0.2, 0.25) is 18.1 Å². The molecule has 3 aromatic rings. The van der Waals surface area contributed by atoms with Crippen LogP contribution in [0.3, 0.4) is 0 Å². The Morgan fingerprint density at radius 1 is 0.679 bits per heavy atom. The van der Waals surface area contributed by atoms with E-state index in [0.717, 1.165) is 0 Å². The molecule has 0 saturated carbocycles. The normalized spacial score (nSPS) is 13.5. The van der Waals surface area contributed by atoms with Crippen LogP contribution in [0.15, 0.2) is 91.0 Å². The van der Waals surface area contributed by atoms with E-state index in [1.165, 1.54) is 16.2 Å². The summed E-state index contributed by atoms with van der Waals surface area (Å²) >= 11 is 0. The van der Waals surface area contributed by atoms with Crippen molar-refractivity contribution in [3.63, 3.8) is 0 Å². The summed E-state index contributed by atoms with van der Waals surface area (Å²) in [5.41, 5.74) is 1.27. The molecule has 3 heteroatoms. The van der Waals surface area contributed by atoms with E-state index in [1.807, 2.05) is 0 Å². The lowest BCUT2D eigenvalue weighted by atomic mass is 10.2. The van der Waals surface area contributed by atoms with Crippen molar-refractivity contribution in [3.05, 3.63) is 96.6 Å². The van der Waals surface area contributed by atoms with Crippen LogP contribution in [0, 0.1) is 0 Å². The van der Waals surface area contributed by atoms with Crippen LogP contribution in [0.5, 0.6) is 0 Å². The van der Waals surface area contributed by atoms with Crippen LogP contribution in [-0.4, -0.2) is 8.32 Å². The Kier molecular flexibility index (Phi) is 6.55. The van der Waals surface area contributed by atoms with Crippen molar-refractivity contribution in [2.24, 2.45) is 0 Å². The molecule has 0 radical (unpaired) electrons. The second-order valence-corrected chi connectivity index (χ2v) is 15.7. The first-order chi connectivity index (χ1) is 13.3. The first kappa shape index (κ1) is 21.0. The largest absolute Gasteiger partial charge is 0.406 e. The Balaban J connectivity index is 2.15. The van der Waals surface area contributed by atoms with Gasteiger partial charge in [0.1, 0.15) is 0 Å². The second kappa shape index (κ2) is 8.74. The monoisotopic (exact) mass is 406 g/mol. The van der Waals surface area contributed by atoms with Crippen LogP contribution in [0.4, 0.5) is 0 Å². The van der Waals surface area contributed by atoms with Crippen molar-refractivity contribution in [2.75, 3.05) is 0 Å². The molecular formula is C25H31OPSi. The number of rotatable bonds is 6. The van der Waals surface area contributed by atoms with E-state index in [2.05, 4.69) is 125 Å². The highest BCUT2D eigenvalue weighted by Gasteiger charge is 2.41. The number of hydrogen-bond donors (Lipinski definition) is 0. The maximum absolute atomic E-state index is 7.13. The summed E-state index contributed by atoms with van der Waals surface area (Å²) in [7, 11) is -2.65. The summed E-state index contributed by atoms with van der Waals surface area (Å²) in [6.45, 7) is 11.6. The molecule has 3 aromatic carbocycles. The minimum atomic E-state index is -1.96. The molecule has 0 fully saturated rings. The molecule has 146 valence electrons. The molecular weight excluding hydrogens is 375 g/mol. The minimum absolute atomic E-state index is 0.0434. The summed E-state index contributed by atoms with van der Waals surface area (Å²) < 4.78 is 7.13. The van der Waals surface area contributed by atoms with Crippen molar-refractivity contribution < 1.29 is 4.43 Å². The van der Waals surface area contributed by atoms with Crippen LogP contribution in [0.1, 0.15) is 32.2 Å². The Morgan fingerprint density at radius 3 is 1.46 bits per heavy atom. The first-order valence-electron chi connectivity index (χ1n) is 9.92. The average molecular weight is 407 g/mol. The summed E-state index contributed by atoms with van der Waals surface area (Å²) in [5, 5.41) is 2.88. The van der Waals surface area contributed by atoms with Gasteiger partial charge in [-0.3, -0.25) is 0 Å². The van der Waals surface area contributed by atoms with E-state index in [4.69, 9.17) is 4.43 Å². The third-order valence-corrected chi connectivity index (χ3v) is 12.8. The van der Waals surface area contributed by atoms with Crippen LogP contribution in [-0.2, 0) is 4.43 Å². The highest BCUT2D eigenvalue weighted by atomic mass is 31.1. The molecule has 0 saturated heterocycles. The van der Waals surface area contributed by atoms with E-state index in [-0.39, 0.29) is 10.9 Å². The van der Waals surface area contributed by atoms with Gasteiger partial charge < -0.3 is 4.43 Å². The van der Waals surface area contributed by atoms with Gasteiger partial charge in [0.15, 0.2) is 8.32 Å². The zero-order valence-corrected chi connectivity index (χ0v) is 19.5. The zero-order chi connectivity index (χ0) is 20.2. The van der Waals surface area contributed by atoms with Crippen molar-refractivity contribution in [3.8, 4) is 0 Å². The molecule has 0 N–H and O–H groups in total. The van der Waals surface area contributed by atoms with Gasteiger partial charge in [0, 0.05) is 0 Å². The molecule has 1 atom stereocenters. The van der Waals surface area contributed by atoms with Gasteiger partial charge in [0.25, 0.3) is 0 Å². The molecule has 0 aliphatic rings. The fraction of sp³-hybridized carbons (Fsp3) is 0.280. The predicted molar refractivity (Wildman–Crippen MR) is 127 cm³/mol. The molecule has 0 amide bonds. The van der Waals surface area contributed by atoms with Gasteiger partial charge in [-0.25, -0.2) is 0 Å². The first-order valence-corrected chi connectivity index (χ1v) is 14.2. The Morgan fingerprint density at radius 2 is 1.07 bits per heavy atom. The van der Waals surface area contributed by atoms with Gasteiger partial charge in [0.2, 0.25) is 0 Å². The average Bonchev–Trinajstić information content (AvgIpc) is 2.69. The maximum atomic E-state index is 7.13. The van der Waals surface area contributed by atoms with Gasteiger partial charge in [-0.1, -0.05) is 112 Å². The van der Waals surface area contributed by atoms with Gasteiger partial charge in [-0.15, -0.1) is 0 Å². The summed E-state index contributed by atoms with van der Waals surface area (Å²) in [4.78, 5) is 0.